The van der Waals surface area contributed by atoms with E-state index in [4.69, 9.17) is 14.5 Å². The number of imidazole rings is 2. The molecule has 282 valence electrons. The monoisotopic (exact) mass is 724 g/mol. The van der Waals surface area contributed by atoms with Crippen LogP contribution in [0.4, 0.5) is 4.79 Å². The number of ether oxygens (including phenoxy) is 2. The van der Waals surface area contributed by atoms with Crippen LogP contribution < -0.4 is 20.7 Å². The number of aromatic nitrogens is 4. The molecule has 4 aromatic rings. The summed E-state index contributed by atoms with van der Waals surface area (Å²) < 4.78 is 11.1. The lowest BCUT2D eigenvalue weighted by Crippen LogP contribution is -2.51. The smallest absolute Gasteiger partial charge is 0.407 e. The van der Waals surface area contributed by atoms with E-state index in [2.05, 4.69) is 49.1 Å². The Hall–Kier alpha value is -5.17. The topological polar surface area (TPSA) is 166 Å². The number of unbranched alkanes of at least 4 members (excludes halogenated alkanes) is 1. The van der Waals surface area contributed by atoms with Gasteiger partial charge in [0, 0.05) is 37.1 Å². The van der Waals surface area contributed by atoms with Gasteiger partial charge < -0.3 is 40.3 Å². The van der Waals surface area contributed by atoms with Crippen LogP contribution in [0.25, 0.3) is 22.5 Å². The van der Waals surface area contributed by atoms with Crippen LogP contribution in [0.2, 0.25) is 0 Å². The van der Waals surface area contributed by atoms with Gasteiger partial charge >= 0.3 is 6.09 Å². The molecular weight excluding hydrogens is 672 g/mol. The first kappa shape index (κ1) is 37.6. The van der Waals surface area contributed by atoms with Crippen LogP contribution in [0.15, 0.2) is 48.8 Å². The Morgan fingerprint density at radius 3 is 2.23 bits per heavy atom. The summed E-state index contributed by atoms with van der Waals surface area (Å²) in [5.74, 6) is 3.35. The number of likely N-dealkylation sites (tertiary alicyclic amines) is 1. The molecule has 0 aliphatic carbocycles. The minimum absolute atomic E-state index is 0.0438. The number of nitrogens with zero attached hydrogens (tertiary/aromatic N) is 3. The number of amides is 3. The highest BCUT2D eigenvalue weighted by Gasteiger charge is 2.37. The van der Waals surface area contributed by atoms with E-state index >= 15 is 0 Å². The molecule has 2 aliphatic heterocycles. The van der Waals surface area contributed by atoms with Crippen molar-refractivity contribution in [2.24, 2.45) is 11.8 Å². The van der Waals surface area contributed by atoms with Crippen molar-refractivity contribution >= 4 is 17.9 Å². The van der Waals surface area contributed by atoms with Gasteiger partial charge in [0.25, 0.3) is 0 Å². The number of fused-ring (bicyclic) bond motifs is 2. The maximum Gasteiger partial charge on any atom is 0.407 e. The molecule has 13 heteroatoms. The van der Waals surface area contributed by atoms with E-state index < -0.39 is 12.1 Å². The predicted molar refractivity (Wildman–Crippen MR) is 202 cm³/mol. The van der Waals surface area contributed by atoms with Crippen LogP contribution in [0.1, 0.15) is 82.2 Å². The van der Waals surface area contributed by atoms with Gasteiger partial charge in [0.1, 0.15) is 29.2 Å². The number of carbonyl (C=O) groups excluding carboxylic acids is 3. The third-order valence-electron chi connectivity index (χ3n) is 10.2. The molecule has 0 bridgehead atoms. The molecule has 53 heavy (non-hydrogen) atoms. The average Bonchev–Trinajstić information content (AvgIpc) is 3.94. The Balaban J connectivity index is 1.08. The minimum Gasteiger partial charge on any atom is -0.457 e. The molecule has 5 N–H and O–H groups in total. The number of H-pyrrole nitrogens is 2. The number of methoxy groups -OCH3 is 1. The van der Waals surface area contributed by atoms with Gasteiger partial charge in [0.05, 0.1) is 43.0 Å². The number of aryl methyl sites for hydroxylation is 1. The lowest BCUT2D eigenvalue weighted by Gasteiger charge is -2.30. The fourth-order valence-electron chi connectivity index (χ4n) is 7.28. The van der Waals surface area contributed by atoms with Crippen LogP contribution in [0.3, 0.4) is 0 Å². The zero-order chi connectivity index (χ0) is 37.6. The van der Waals surface area contributed by atoms with Gasteiger partial charge in [-0.1, -0.05) is 27.7 Å². The number of rotatable bonds is 14. The SMILES string of the molecule is CN[C@H](C(=O)NCCCCc1ncc(-c2ccc3c(c2)Cc2cc(-c4cnc(C5CCCN5C(=O)C(NC(=O)OC)C(C)C)[nH]4)ccc2O3)[nH]1)C(C)C. The number of carbonyl (C=O) groups is 3. The molecule has 4 heterocycles. The molecule has 2 unspecified atom stereocenters. The first-order valence-electron chi connectivity index (χ1n) is 18.7. The summed E-state index contributed by atoms with van der Waals surface area (Å²) in [6, 6.07) is 11.3. The summed E-state index contributed by atoms with van der Waals surface area (Å²) >= 11 is 0. The van der Waals surface area contributed by atoms with Crippen molar-refractivity contribution in [2.45, 2.75) is 84.3 Å². The highest BCUT2D eigenvalue weighted by Crippen LogP contribution is 2.40. The van der Waals surface area contributed by atoms with E-state index in [0.717, 1.165) is 88.9 Å². The fraction of sp³-hybridized carbons (Fsp3) is 0.475. The number of hydrogen-bond donors (Lipinski definition) is 5. The van der Waals surface area contributed by atoms with Crippen molar-refractivity contribution in [3.8, 4) is 34.0 Å². The number of benzene rings is 2. The molecule has 0 spiro atoms. The highest BCUT2D eigenvalue weighted by atomic mass is 16.5. The van der Waals surface area contributed by atoms with E-state index in [0.29, 0.717) is 19.5 Å². The van der Waals surface area contributed by atoms with Gasteiger partial charge in [-0.3, -0.25) is 9.59 Å². The van der Waals surface area contributed by atoms with Crippen molar-refractivity contribution < 1.29 is 23.9 Å². The molecule has 3 atom stereocenters. The minimum atomic E-state index is -0.685. The molecule has 2 aromatic heterocycles. The molecule has 1 saturated heterocycles. The molecule has 2 aromatic carbocycles. The summed E-state index contributed by atoms with van der Waals surface area (Å²) in [7, 11) is 3.11. The normalized spacial score (nSPS) is 16.2. The van der Waals surface area contributed by atoms with Gasteiger partial charge in [-0.25, -0.2) is 14.8 Å². The standard InChI is InChI=1S/C40H52N8O5/c1-23(2)35(41-5)38(49)42-16-8-7-11-34-43-21-29(45-34)25-12-14-32-27(18-25)20-28-19-26(13-15-33(28)53-32)30-22-44-37(46-30)31-10-9-17-48(31)39(50)36(24(3)4)47-40(51)52-6/h12-15,18-19,21-24,31,35-36,41H,7-11,16-17,20H2,1-6H3,(H,42,49)(H,43,45)(H,44,46)(H,47,51)/t31?,35-,36?/m0/s1. The Kier molecular flexibility index (Phi) is 11.8. The number of likely N-dealkylation sites (N-methyl/N-ethyl adjacent to an activating group) is 1. The molecule has 6 rings (SSSR count). The van der Waals surface area contributed by atoms with Crippen LogP contribution in [0, 0.1) is 11.8 Å². The third-order valence-corrected chi connectivity index (χ3v) is 10.2. The quantitative estimate of drug-likeness (QED) is 0.0885. The van der Waals surface area contributed by atoms with Crippen LogP contribution in [-0.4, -0.2) is 82.1 Å². The second kappa shape index (κ2) is 16.7. The molecular formula is C40H52N8O5. The van der Waals surface area contributed by atoms with E-state index in [9.17, 15) is 14.4 Å². The van der Waals surface area contributed by atoms with E-state index in [1.165, 1.54) is 7.11 Å². The maximum atomic E-state index is 13.6. The predicted octanol–water partition coefficient (Wildman–Crippen LogP) is 5.89. The Morgan fingerprint density at radius 1 is 0.925 bits per heavy atom. The summed E-state index contributed by atoms with van der Waals surface area (Å²) in [5, 5.41) is 8.82. The Morgan fingerprint density at radius 2 is 1.58 bits per heavy atom. The summed E-state index contributed by atoms with van der Waals surface area (Å²) in [5.41, 5.74) is 6.00. The van der Waals surface area contributed by atoms with Crippen LogP contribution in [-0.2, 0) is 27.2 Å². The van der Waals surface area contributed by atoms with Gasteiger partial charge in [0.2, 0.25) is 11.8 Å². The van der Waals surface area contributed by atoms with E-state index in [1.807, 2.05) is 70.2 Å². The average molecular weight is 725 g/mol. The van der Waals surface area contributed by atoms with Crippen molar-refractivity contribution in [3.63, 3.8) is 0 Å². The fourth-order valence-corrected chi connectivity index (χ4v) is 7.28. The lowest BCUT2D eigenvalue weighted by molar-refractivity contribution is -0.135. The Bertz CT molecular complexity index is 1920. The number of hydrogen-bond acceptors (Lipinski definition) is 8. The van der Waals surface area contributed by atoms with Crippen LogP contribution >= 0.6 is 0 Å². The van der Waals surface area contributed by atoms with E-state index in [1.54, 1.807) is 0 Å². The highest BCUT2D eigenvalue weighted by molar-refractivity contribution is 5.86. The lowest BCUT2D eigenvalue weighted by atomic mass is 9.96. The molecule has 2 aliphatic rings. The first-order chi connectivity index (χ1) is 25.6. The first-order valence-corrected chi connectivity index (χ1v) is 18.7. The molecule has 13 nitrogen and oxygen atoms in total. The van der Waals surface area contributed by atoms with Gasteiger partial charge in [-0.2, -0.15) is 0 Å². The van der Waals surface area contributed by atoms with Crippen LogP contribution in [0.5, 0.6) is 11.5 Å². The zero-order valence-electron chi connectivity index (χ0n) is 31.5. The molecule has 0 radical (unpaired) electrons. The summed E-state index contributed by atoms with van der Waals surface area (Å²) in [6.45, 7) is 9.12. The van der Waals surface area contributed by atoms with E-state index in [-0.39, 0.29) is 35.7 Å². The number of aromatic amines is 2. The Labute approximate surface area is 311 Å². The van der Waals surface area contributed by atoms with Gasteiger partial charge in [-0.15, -0.1) is 0 Å². The second-order valence-electron chi connectivity index (χ2n) is 14.7. The summed E-state index contributed by atoms with van der Waals surface area (Å²) in [6.07, 6.45) is 8.01. The molecule has 3 amide bonds. The third kappa shape index (κ3) is 8.56. The summed E-state index contributed by atoms with van der Waals surface area (Å²) in [4.78, 5) is 56.0. The van der Waals surface area contributed by atoms with Crippen molar-refractivity contribution in [2.75, 3.05) is 27.2 Å². The van der Waals surface area contributed by atoms with Gasteiger partial charge in [-0.05, 0) is 92.1 Å². The van der Waals surface area contributed by atoms with Crippen molar-refractivity contribution in [1.82, 2.24) is 40.8 Å². The maximum absolute atomic E-state index is 13.6. The number of nitrogens with one attached hydrogen (secondary N) is 5. The number of alkyl carbamates (subject to hydrolysis) is 1. The van der Waals surface area contributed by atoms with Crippen molar-refractivity contribution in [3.05, 3.63) is 71.6 Å². The second-order valence-corrected chi connectivity index (χ2v) is 14.7. The molecule has 1 fully saturated rings. The van der Waals surface area contributed by atoms with Gasteiger partial charge in [0.15, 0.2) is 0 Å². The molecule has 0 saturated carbocycles. The zero-order valence-corrected chi connectivity index (χ0v) is 31.5. The largest absolute Gasteiger partial charge is 0.457 e. The van der Waals surface area contributed by atoms with Crippen molar-refractivity contribution in [1.29, 1.82) is 0 Å².